The first-order valence-corrected chi connectivity index (χ1v) is 5.52. The third kappa shape index (κ3) is 4.47. The lowest BCUT2D eigenvalue weighted by molar-refractivity contribution is 0.199. The van der Waals surface area contributed by atoms with Crippen LogP contribution in [0.4, 0.5) is 0 Å². The maximum absolute atomic E-state index is 5.21. The van der Waals surface area contributed by atoms with Crippen molar-refractivity contribution in [3.63, 3.8) is 0 Å². The summed E-state index contributed by atoms with van der Waals surface area (Å²) in [7, 11) is 1.70. The summed E-state index contributed by atoms with van der Waals surface area (Å²) in [6, 6.07) is 2.02. The van der Waals surface area contributed by atoms with E-state index < -0.39 is 0 Å². The third-order valence-corrected chi connectivity index (χ3v) is 2.28. The number of nitrogens with zero attached hydrogens (tertiary/aromatic N) is 2. The van der Waals surface area contributed by atoms with Gasteiger partial charge >= 0.3 is 0 Å². The Morgan fingerprint density at radius 1 is 1.62 bits per heavy atom. The Labute approximate surface area is 97.0 Å². The molecule has 1 heterocycles. The zero-order valence-corrected chi connectivity index (χ0v) is 9.78. The van der Waals surface area contributed by atoms with Gasteiger partial charge in [-0.25, -0.2) is 0 Å². The van der Waals surface area contributed by atoms with Crippen LogP contribution < -0.4 is 5.32 Å². The lowest BCUT2D eigenvalue weighted by Gasteiger charge is -2.07. The van der Waals surface area contributed by atoms with Crippen LogP contribution in [0.1, 0.15) is 18.5 Å². The number of terminal acetylenes is 1. The van der Waals surface area contributed by atoms with Crippen LogP contribution >= 0.6 is 0 Å². The molecule has 1 N–H and O–H groups in total. The molecule has 0 bridgehead atoms. The standard InChI is InChI=1S/C12H19N3O/c1-3-4-5-9-15-12(6-7-14-15)11-13-8-10-16-2/h1,6-7,13H,4-5,8-11H2,2H3. The maximum Gasteiger partial charge on any atom is 0.0587 e. The molecule has 0 aromatic carbocycles. The predicted octanol–water partition coefficient (Wildman–Crippen LogP) is 1.03. The maximum atomic E-state index is 5.21. The Bertz CT molecular complexity index is 327. The summed E-state index contributed by atoms with van der Waals surface area (Å²) in [6.07, 6.45) is 8.81. The van der Waals surface area contributed by atoms with Crippen LogP contribution in [0, 0.1) is 12.3 Å². The average Bonchev–Trinajstić information content (AvgIpc) is 2.73. The van der Waals surface area contributed by atoms with Gasteiger partial charge in [0.25, 0.3) is 0 Å². The molecule has 88 valence electrons. The number of methoxy groups -OCH3 is 1. The molecule has 1 rings (SSSR count). The molecule has 0 unspecified atom stereocenters. The van der Waals surface area contributed by atoms with Crippen molar-refractivity contribution in [3.05, 3.63) is 18.0 Å². The fraction of sp³-hybridized carbons (Fsp3) is 0.583. The van der Waals surface area contributed by atoms with E-state index in [2.05, 4.69) is 16.3 Å². The van der Waals surface area contributed by atoms with Crippen LogP contribution in [0.25, 0.3) is 0 Å². The minimum Gasteiger partial charge on any atom is -0.383 e. The smallest absolute Gasteiger partial charge is 0.0587 e. The summed E-state index contributed by atoms with van der Waals surface area (Å²) >= 11 is 0. The van der Waals surface area contributed by atoms with Gasteiger partial charge in [-0.2, -0.15) is 5.10 Å². The summed E-state index contributed by atoms with van der Waals surface area (Å²) in [5, 5.41) is 7.56. The molecule has 1 aromatic heterocycles. The summed E-state index contributed by atoms with van der Waals surface area (Å²) in [6.45, 7) is 3.29. The zero-order valence-electron chi connectivity index (χ0n) is 9.78. The Balaban J connectivity index is 2.30. The minimum absolute atomic E-state index is 0.727. The van der Waals surface area contributed by atoms with Crippen LogP contribution in [0.15, 0.2) is 12.3 Å². The van der Waals surface area contributed by atoms with Gasteiger partial charge in [-0.15, -0.1) is 12.3 Å². The third-order valence-electron chi connectivity index (χ3n) is 2.28. The second kappa shape index (κ2) is 7.91. The van der Waals surface area contributed by atoms with E-state index in [4.69, 9.17) is 11.2 Å². The number of unbranched alkanes of at least 4 members (excludes halogenated alkanes) is 1. The van der Waals surface area contributed by atoms with Crippen molar-refractivity contribution >= 4 is 0 Å². The molecule has 0 saturated carbocycles. The van der Waals surface area contributed by atoms with Gasteiger partial charge in [0.2, 0.25) is 0 Å². The van der Waals surface area contributed by atoms with Gasteiger partial charge in [0.15, 0.2) is 0 Å². The van der Waals surface area contributed by atoms with E-state index in [1.807, 2.05) is 16.9 Å². The molecule has 0 aliphatic rings. The highest BCUT2D eigenvalue weighted by molar-refractivity contribution is 5.00. The van der Waals surface area contributed by atoms with E-state index in [1.54, 1.807) is 7.11 Å². The van der Waals surface area contributed by atoms with Gasteiger partial charge in [0.1, 0.15) is 0 Å². The number of rotatable bonds is 8. The number of hydrogen-bond donors (Lipinski definition) is 1. The van der Waals surface area contributed by atoms with Crippen molar-refractivity contribution in [2.45, 2.75) is 25.9 Å². The monoisotopic (exact) mass is 221 g/mol. The van der Waals surface area contributed by atoms with Crippen LogP contribution in [0.3, 0.4) is 0 Å². The second-order valence-corrected chi connectivity index (χ2v) is 3.52. The van der Waals surface area contributed by atoms with E-state index >= 15 is 0 Å². The van der Waals surface area contributed by atoms with Crippen LogP contribution in [-0.2, 0) is 17.8 Å². The molecule has 0 saturated heterocycles. The topological polar surface area (TPSA) is 39.1 Å². The average molecular weight is 221 g/mol. The first-order chi connectivity index (χ1) is 7.88. The molecule has 0 radical (unpaired) electrons. The predicted molar refractivity (Wildman–Crippen MR) is 63.9 cm³/mol. The van der Waals surface area contributed by atoms with Gasteiger partial charge in [-0.3, -0.25) is 4.68 Å². The molecule has 0 spiro atoms. The summed E-state index contributed by atoms with van der Waals surface area (Å²) in [4.78, 5) is 0. The fourth-order valence-corrected chi connectivity index (χ4v) is 1.43. The molecule has 0 aliphatic carbocycles. The number of aromatic nitrogens is 2. The summed E-state index contributed by atoms with van der Waals surface area (Å²) < 4.78 is 6.96. The molecule has 16 heavy (non-hydrogen) atoms. The van der Waals surface area contributed by atoms with Gasteiger partial charge < -0.3 is 10.1 Å². The molecular weight excluding hydrogens is 202 g/mol. The van der Waals surface area contributed by atoms with E-state index in [9.17, 15) is 0 Å². The number of ether oxygens (including phenoxy) is 1. The van der Waals surface area contributed by atoms with Gasteiger partial charge in [0, 0.05) is 39.4 Å². The number of aryl methyl sites for hydroxylation is 1. The molecule has 0 fully saturated rings. The van der Waals surface area contributed by atoms with Crippen molar-refractivity contribution in [2.24, 2.45) is 0 Å². The van der Waals surface area contributed by atoms with Crippen molar-refractivity contribution in [3.8, 4) is 12.3 Å². The van der Waals surface area contributed by atoms with E-state index in [0.29, 0.717) is 0 Å². The molecule has 0 amide bonds. The zero-order chi connectivity index (χ0) is 11.6. The van der Waals surface area contributed by atoms with Crippen LogP contribution in [-0.4, -0.2) is 30.0 Å². The first-order valence-electron chi connectivity index (χ1n) is 5.52. The van der Waals surface area contributed by atoms with Gasteiger partial charge in [-0.05, 0) is 12.5 Å². The minimum atomic E-state index is 0.727. The van der Waals surface area contributed by atoms with Crippen molar-refractivity contribution in [1.29, 1.82) is 0 Å². The lowest BCUT2D eigenvalue weighted by Crippen LogP contribution is -2.20. The van der Waals surface area contributed by atoms with Crippen LogP contribution in [0.5, 0.6) is 0 Å². The molecule has 4 nitrogen and oxygen atoms in total. The molecular formula is C12H19N3O. The highest BCUT2D eigenvalue weighted by atomic mass is 16.5. The quantitative estimate of drug-likeness (QED) is 0.526. The van der Waals surface area contributed by atoms with Gasteiger partial charge in [-0.1, -0.05) is 0 Å². The second-order valence-electron chi connectivity index (χ2n) is 3.52. The first kappa shape index (κ1) is 12.8. The van der Waals surface area contributed by atoms with Gasteiger partial charge in [0.05, 0.1) is 12.3 Å². The number of hydrogen-bond acceptors (Lipinski definition) is 3. The summed E-state index contributed by atoms with van der Waals surface area (Å²) in [5.41, 5.74) is 1.19. The molecule has 0 atom stereocenters. The van der Waals surface area contributed by atoms with E-state index in [1.165, 1.54) is 5.69 Å². The van der Waals surface area contributed by atoms with Crippen molar-refractivity contribution in [1.82, 2.24) is 15.1 Å². The van der Waals surface area contributed by atoms with E-state index in [0.717, 1.165) is 39.1 Å². The summed E-state index contributed by atoms with van der Waals surface area (Å²) in [5.74, 6) is 2.64. The highest BCUT2D eigenvalue weighted by Crippen LogP contribution is 2.01. The van der Waals surface area contributed by atoms with Crippen molar-refractivity contribution in [2.75, 3.05) is 20.3 Å². The fourth-order valence-electron chi connectivity index (χ4n) is 1.43. The molecule has 4 heteroatoms. The Morgan fingerprint density at radius 3 is 3.25 bits per heavy atom. The highest BCUT2D eigenvalue weighted by Gasteiger charge is 2.00. The van der Waals surface area contributed by atoms with E-state index in [-0.39, 0.29) is 0 Å². The normalized spacial score (nSPS) is 10.2. The lowest BCUT2D eigenvalue weighted by atomic mass is 10.3. The Hall–Kier alpha value is -1.31. The Kier molecular flexibility index (Phi) is 6.31. The van der Waals surface area contributed by atoms with Crippen molar-refractivity contribution < 1.29 is 4.74 Å². The molecule has 1 aromatic rings. The SMILES string of the molecule is C#CCCCn1nccc1CNCCOC. The largest absolute Gasteiger partial charge is 0.383 e. The van der Waals surface area contributed by atoms with Crippen LogP contribution in [0.2, 0.25) is 0 Å². The Morgan fingerprint density at radius 2 is 2.50 bits per heavy atom. The molecule has 0 aliphatic heterocycles. The number of nitrogens with one attached hydrogen (secondary N) is 1.